The van der Waals surface area contributed by atoms with Gasteiger partial charge >= 0.3 is 0 Å². The fourth-order valence-corrected chi connectivity index (χ4v) is 3.10. The summed E-state index contributed by atoms with van der Waals surface area (Å²) in [7, 11) is 5.27. The van der Waals surface area contributed by atoms with Crippen molar-refractivity contribution in [3.8, 4) is 0 Å². The summed E-state index contributed by atoms with van der Waals surface area (Å²) in [5, 5.41) is 2.76. The van der Waals surface area contributed by atoms with Crippen LogP contribution in [0.4, 0.5) is 0 Å². The number of Topliss-reactive ketones (excluding diaryl/α,β-unsaturated/α-hetero) is 2. The molecule has 0 aromatic heterocycles. The van der Waals surface area contributed by atoms with E-state index in [1.807, 2.05) is 19.0 Å². The highest BCUT2D eigenvalue weighted by Crippen LogP contribution is 2.34. The molecule has 1 aromatic rings. The summed E-state index contributed by atoms with van der Waals surface area (Å²) in [5.41, 5.74) is 0.914. The molecule has 1 aliphatic carbocycles. The van der Waals surface area contributed by atoms with Crippen LogP contribution in [0, 0.1) is 0 Å². The van der Waals surface area contributed by atoms with Gasteiger partial charge in [-0.05, 0) is 33.1 Å². The van der Waals surface area contributed by atoms with E-state index in [0.717, 1.165) is 13.0 Å². The summed E-state index contributed by atoms with van der Waals surface area (Å²) in [5.74, 6) is -1.12. The van der Waals surface area contributed by atoms with E-state index in [9.17, 15) is 14.4 Å². The Balaban J connectivity index is 0.00000210. The molecule has 1 heterocycles. The van der Waals surface area contributed by atoms with E-state index in [1.54, 1.807) is 24.3 Å². The third-order valence-electron chi connectivity index (χ3n) is 4.45. The van der Waals surface area contributed by atoms with Crippen molar-refractivity contribution in [1.82, 2.24) is 10.2 Å². The van der Waals surface area contributed by atoms with Crippen molar-refractivity contribution in [1.29, 1.82) is 0 Å². The number of carbonyl (C=O) groups excluding carboxylic acids is 3. The van der Waals surface area contributed by atoms with Crippen molar-refractivity contribution in [2.45, 2.75) is 12.7 Å². The first-order valence-electron chi connectivity index (χ1n) is 8.70. The number of fused-ring (bicyclic) bond motifs is 1. The molecule has 1 aliphatic heterocycles. The van der Waals surface area contributed by atoms with Gasteiger partial charge in [-0.25, -0.2) is 0 Å². The number of hydrogen-bond donors (Lipinski definition) is 1. The number of benzene rings is 1. The van der Waals surface area contributed by atoms with Gasteiger partial charge in [-0.2, -0.15) is 0 Å². The van der Waals surface area contributed by atoms with Gasteiger partial charge < -0.3 is 25.2 Å². The highest BCUT2D eigenvalue weighted by Gasteiger charge is 2.40. The van der Waals surface area contributed by atoms with Crippen molar-refractivity contribution in [2.24, 2.45) is 0 Å². The lowest BCUT2D eigenvalue weighted by Gasteiger charge is -2.29. The first-order chi connectivity index (χ1) is 12.9. The molecule has 3 N–H and O–H groups in total. The van der Waals surface area contributed by atoms with Gasteiger partial charge in [0.25, 0.3) is 5.91 Å². The Labute approximate surface area is 175 Å². The fraction of sp³-hybridized carbons (Fsp3) is 0.350. The van der Waals surface area contributed by atoms with Gasteiger partial charge in [0.05, 0.1) is 5.57 Å². The van der Waals surface area contributed by atoms with Crippen LogP contribution in [0.15, 0.2) is 47.2 Å². The van der Waals surface area contributed by atoms with Crippen LogP contribution in [-0.4, -0.2) is 68.4 Å². The number of methoxy groups -OCH3 is 1. The molecule has 1 amide bonds. The second-order valence-electron chi connectivity index (χ2n) is 6.64. The minimum absolute atomic E-state index is 0. The Kier molecular flexibility index (Phi) is 8.72. The summed E-state index contributed by atoms with van der Waals surface area (Å²) < 4.78 is 10.8. The van der Waals surface area contributed by atoms with Crippen molar-refractivity contribution in [3.05, 3.63) is 58.4 Å². The van der Waals surface area contributed by atoms with Crippen molar-refractivity contribution in [3.63, 3.8) is 0 Å². The van der Waals surface area contributed by atoms with Crippen LogP contribution < -0.4 is 5.32 Å². The van der Waals surface area contributed by atoms with Crippen LogP contribution in [0.2, 0.25) is 0 Å². The number of hydrogen-bond acceptors (Lipinski definition) is 6. The molecule has 3 rings (SSSR count). The predicted molar refractivity (Wildman–Crippen MR) is 109 cm³/mol. The first kappa shape index (κ1) is 24.5. The molecule has 0 spiro atoms. The Hall–Kier alpha value is -2.52. The topological polar surface area (TPSA) is 116 Å². The monoisotopic (exact) mass is 424 g/mol. The molecule has 0 fully saturated rings. The van der Waals surface area contributed by atoms with Gasteiger partial charge in [0.1, 0.15) is 0 Å². The Morgan fingerprint density at radius 1 is 1.17 bits per heavy atom. The zero-order valence-electron chi connectivity index (χ0n) is 16.5. The van der Waals surface area contributed by atoms with Crippen LogP contribution in [0.1, 0.15) is 27.1 Å². The van der Waals surface area contributed by atoms with Crippen LogP contribution in [0.5, 0.6) is 0 Å². The largest absolute Gasteiger partial charge is 0.455 e. The smallest absolute Gasteiger partial charge is 0.286 e. The van der Waals surface area contributed by atoms with E-state index in [2.05, 4.69) is 5.32 Å². The molecule has 9 heteroatoms. The van der Waals surface area contributed by atoms with E-state index >= 15 is 0 Å². The van der Waals surface area contributed by atoms with Crippen molar-refractivity contribution >= 4 is 29.9 Å². The molecular weight excluding hydrogens is 400 g/mol. The molecule has 1 atom stereocenters. The second kappa shape index (κ2) is 10.3. The maximum Gasteiger partial charge on any atom is 0.286 e. The number of amides is 1. The standard InChI is InChI=1S/C20H22N2O5.ClH.H2O/c1-22(2)10-6-9-21-19(25)15-11-14-16(20(26-3)27-15)18(24)13-8-5-4-7-12(13)17(14)23;;/h4-5,7-8,11,20H,6,9-10H2,1-3H3,(H,21,25);1H;1H2. The zero-order chi connectivity index (χ0) is 19.6. The highest BCUT2D eigenvalue weighted by atomic mass is 35.5. The molecular formula is C20H25ClN2O6. The average molecular weight is 425 g/mol. The summed E-state index contributed by atoms with van der Waals surface area (Å²) in [6, 6.07) is 6.60. The van der Waals surface area contributed by atoms with E-state index in [0.29, 0.717) is 17.7 Å². The van der Waals surface area contributed by atoms with Gasteiger partial charge in [0.2, 0.25) is 6.29 Å². The molecule has 1 unspecified atom stereocenters. The number of carbonyl (C=O) groups is 3. The maximum atomic E-state index is 12.9. The molecule has 0 saturated carbocycles. The third kappa shape index (κ3) is 4.91. The van der Waals surface area contributed by atoms with Crippen molar-refractivity contribution < 1.29 is 29.3 Å². The zero-order valence-corrected chi connectivity index (χ0v) is 17.3. The summed E-state index contributed by atoms with van der Waals surface area (Å²) in [6.45, 7) is 1.30. The van der Waals surface area contributed by atoms with Crippen LogP contribution in [-0.2, 0) is 14.3 Å². The quantitative estimate of drug-likeness (QED) is 0.678. The number of halogens is 1. The minimum atomic E-state index is -1.10. The molecule has 0 saturated heterocycles. The normalized spacial score (nSPS) is 17.4. The van der Waals surface area contributed by atoms with E-state index in [-0.39, 0.29) is 46.4 Å². The molecule has 2 aliphatic rings. The first-order valence-corrected chi connectivity index (χ1v) is 8.70. The lowest BCUT2D eigenvalue weighted by molar-refractivity contribution is -0.128. The van der Waals surface area contributed by atoms with Crippen LogP contribution in [0.3, 0.4) is 0 Å². The summed E-state index contributed by atoms with van der Waals surface area (Å²) in [6.07, 6.45) is 1.01. The SMILES string of the molecule is COC1OC(C(=O)NCCCN(C)C)=CC2=C1C(=O)c1ccccc1C2=O.Cl.O. The number of rotatable bonds is 6. The Bertz CT molecular complexity index is 862. The second-order valence-corrected chi connectivity index (χ2v) is 6.64. The number of allylic oxidation sites excluding steroid dienone is 2. The molecule has 1 aromatic carbocycles. The van der Waals surface area contributed by atoms with Gasteiger partial charge in [-0.1, -0.05) is 24.3 Å². The van der Waals surface area contributed by atoms with E-state index in [1.165, 1.54) is 13.2 Å². The number of nitrogens with zero attached hydrogens (tertiary/aromatic N) is 1. The van der Waals surface area contributed by atoms with Gasteiger partial charge in [-0.15, -0.1) is 12.4 Å². The van der Waals surface area contributed by atoms with E-state index in [4.69, 9.17) is 9.47 Å². The average Bonchev–Trinajstić information content (AvgIpc) is 2.68. The number of ketones is 2. The Morgan fingerprint density at radius 2 is 1.79 bits per heavy atom. The molecule has 8 nitrogen and oxygen atoms in total. The molecule has 29 heavy (non-hydrogen) atoms. The lowest BCUT2D eigenvalue weighted by atomic mass is 9.82. The lowest BCUT2D eigenvalue weighted by Crippen LogP contribution is -2.37. The third-order valence-corrected chi connectivity index (χ3v) is 4.45. The minimum Gasteiger partial charge on any atom is -0.455 e. The number of nitrogens with one attached hydrogen (secondary N) is 1. The summed E-state index contributed by atoms with van der Waals surface area (Å²) in [4.78, 5) is 40.1. The Morgan fingerprint density at radius 3 is 2.38 bits per heavy atom. The van der Waals surface area contributed by atoms with Crippen molar-refractivity contribution in [2.75, 3.05) is 34.3 Å². The summed E-state index contributed by atoms with van der Waals surface area (Å²) >= 11 is 0. The maximum absolute atomic E-state index is 12.9. The number of ether oxygens (including phenoxy) is 2. The van der Waals surface area contributed by atoms with Gasteiger partial charge in [-0.3, -0.25) is 14.4 Å². The molecule has 158 valence electrons. The van der Waals surface area contributed by atoms with Crippen LogP contribution >= 0.6 is 12.4 Å². The highest BCUT2D eigenvalue weighted by molar-refractivity contribution is 6.28. The molecule has 0 radical (unpaired) electrons. The molecule has 0 bridgehead atoms. The predicted octanol–water partition coefficient (Wildman–Crippen LogP) is 0.914. The fourth-order valence-electron chi connectivity index (χ4n) is 3.10. The van der Waals surface area contributed by atoms with Gasteiger partial charge in [0.15, 0.2) is 17.3 Å². The van der Waals surface area contributed by atoms with Crippen LogP contribution in [0.25, 0.3) is 0 Å². The van der Waals surface area contributed by atoms with E-state index < -0.39 is 12.2 Å². The van der Waals surface area contributed by atoms with Gasteiger partial charge in [0, 0.05) is 30.4 Å².